The van der Waals surface area contributed by atoms with Crippen molar-refractivity contribution in [3.63, 3.8) is 0 Å². The Labute approximate surface area is 119 Å². The minimum absolute atomic E-state index is 0.595. The molecule has 2 rings (SSSR count). The smallest absolute Gasteiger partial charge is 0.0438 e. The van der Waals surface area contributed by atoms with Crippen LogP contribution in [0.3, 0.4) is 0 Å². The fraction of sp³-hybridized carbons (Fsp3) is 0.600. The van der Waals surface area contributed by atoms with Gasteiger partial charge in [-0.2, -0.15) is 0 Å². The van der Waals surface area contributed by atoms with Crippen LogP contribution in [0.2, 0.25) is 0 Å². The Morgan fingerprint density at radius 1 is 1.28 bits per heavy atom. The van der Waals surface area contributed by atoms with E-state index in [9.17, 15) is 0 Å². The molecule has 0 spiro atoms. The number of hydrogen-bond donors (Lipinski definition) is 1. The van der Waals surface area contributed by atoms with E-state index < -0.39 is 0 Å². The standard InChI is InChI=1S/C15H23BrN2/c1-10(2)14-9-17-5-6-18(14)15-11(3)7-13(16)8-12(15)4/h7-8,10,14,17H,5-6,9H2,1-4H3. The molecule has 1 heterocycles. The summed E-state index contributed by atoms with van der Waals surface area (Å²) in [6.45, 7) is 12.3. The minimum Gasteiger partial charge on any atom is -0.365 e. The molecule has 0 aromatic heterocycles. The van der Waals surface area contributed by atoms with Crippen LogP contribution >= 0.6 is 15.9 Å². The fourth-order valence-corrected chi connectivity index (χ4v) is 3.64. The first-order chi connectivity index (χ1) is 8.50. The van der Waals surface area contributed by atoms with Gasteiger partial charge in [-0.1, -0.05) is 29.8 Å². The Balaban J connectivity index is 2.39. The number of aryl methyl sites for hydroxylation is 2. The summed E-state index contributed by atoms with van der Waals surface area (Å²) in [5.41, 5.74) is 4.17. The Morgan fingerprint density at radius 3 is 2.44 bits per heavy atom. The van der Waals surface area contributed by atoms with Gasteiger partial charge in [-0.3, -0.25) is 0 Å². The monoisotopic (exact) mass is 310 g/mol. The van der Waals surface area contributed by atoms with Crippen LogP contribution in [0, 0.1) is 19.8 Å². The summed E-state index contributed by atoms with van der Waals surface area (Å²) in [5.74, 6) is 0.667. The van der Waals surface area contributed by atoms with Crippen molar-refractivity contribution in [2.75, 3.05) is 24.5 Å². The Morgan fingerprint density at radius 2 is 1.89 bits per heavy atom. The first-order valence-corrected chi connectivity index (χ1v) is 7.54. The molecule has 1 aromatic rings. The van der Waals surface area contributed by atoms with Gasteiger partial charge in [-0.15, -0.1) is 0 Å². The molecule has 1 unspecified atom stereocenters. The zero-order chi connectivity index (χ0) is 13.3. The Hall–Kier alpha value is -0.540. The molecule has 1 fully saturated rings. The molecule has 2 nitrogen and oxygen atoms in total. The normalized spacial score (nSPS) is 20.6. The highest BCUT2D eigenvalue weighted by atomic mass is 79.9. The molecule has 18 heavy (non-hydrogen) atoms. The highest BCUT2D eigenvalue weighted by Gasteiger charge is 2.27. The highest BCUT2D eigenvalue weighted by Crippen LogP contribution is 2.31. The molecule has 1 aliphatic heterocycles. The van der Waals surface area contributed by atoms with Gasteiger partial charge in [0, 0.05) is 35.8 Å². The molecular weight excluding hydrogens is 288 g/mol. The van der Waals surface area contributed by atoms with Gasteiger partial charge in [0.05, 0.1) is 0 Å². The fourth-order valence-electron chi connectivity index (χ4n) is 2.95. The summed E-state index contributed by atoms with van der Waals surface area (Å²) in [4.78, 5) is 2.60. The Bertz CT molecular complexity index is 405. The van der Waals surface area contributed by atoms with Gasteiger partial charge in [0.1, 0.15) is 0 Å². The lowest BCUT2D eigenvalue weighted by atomic mass is 9.97. The third-order valence-corrected chi connectivity index (χ3v) is 4.25. The van der Waals surface area contributed by atoms with Crippen LogP contribution in [0.25, 0.3) is 0 Å². The van der Waals surface area contributed by atoms with Gasteiger partial charge in [-0.05, 0) is 43.0 Å². The van der Waals surface area contributed by atoms with Crippen LogP contribution < -0.4 is 10.2 Å². The predicted molar refractivity (Wildman–Crippen MR) is 82.5 cm³/mol. The summed E-state index contributed by atoms with van der Waals surface area (Å²) in [7, 11) is 0. The van der Waals surface area contributed by atoms with Crippen molar-refractivity contribution >= 4 is 21.6 Å². The van der Waals surface area contributed by atoms with E-state index in [4.69, 9.17) is 0 Å². The van der Waals surface area contributed by atoms with Crippen molar-refractivity contribution in [2.24, 2.45) is 5.92 Å². The molecule has 0 aliphatic carbocycles. The lowest BCUT2D eigenvalue weighted by molar-refractivity contribution is 0.390. The molecule has 3 heteroatoms. The highest BCUT2D eigenvalue weighted by molar-refractivity contribution is 9.10. The molecule has 1 atom stereocenters. The molecule has 1 saturated heterocycles. The molecule has 100 valence electrons. The Kier molecular flexibility index (Phi) is 4.33. The molecule has 0 bridgehead atoms. The van der Waals surface area contributed by atoms with Gasteiger partial charge in [0.25, 0.3) is 0 Å². The lowest BCUT2D eigenvalue weighted by Crippen LogP contribution is -2.54. The van der Waals surface area contributed by atoms with Crippen molar-refractivity contribution in [1.29, 1.82) is 0 Å². The lowest BCUT2D eigenvalue weighted by Gasteiger charge is -2.42. The van der Waals surface area contributed by atoms with Crippen molar-refractivity contribution in [3.8, 4) is 0 Å². The van der Waals surface area contributed by atoms with Crippen molar-refractivity contribution < 1.29 is 0 Å². The van der Waals surface area contributed by atoms with Gasteiger partial charge in [0.15, 0.2) is 0 Å². The number of benzene rings is 1. The minimum atomic E-state index is 0.595. The number of anilines is 1. The maximum atomic E-state index is 3.58. The second kappa shape index (κ2) is 5.62. The van der Waals surface area contributed by atoms with E-state index in [2.05, 4.69) is 66.0 Å². The zero-order valence-electron chi connectivity index (χ0n) is 11.8. The first-order valence-electron chi connectivity index (χ1n) is 6.75. The molecule has 0 radical (unpaired) electrons. The average Bonchev–Trinajstić information content (AvgIpc) is 2.28. The first kappa shape index (κ1) is 13.9. The van der Waals surface area contributed by atoms with Crippen LogP contribution in [0.5, 0.6) is 0 Å². The van der Waals surface area contributed by atoms with Crippen LogP contribution in [0.15, 0.2) is 16.6 Å². The summed E-state index contributed by atoms with van der Waals surface area (Å²) < 4.78 is 1.18. The maximum Gasteiger partial charge on any atom is 0.0438 e. The summed E-state index contributed by atoms with van der Waals surface area (Å²) in [6, 6.07) is 5.04. The quantitative estimate of drug-likeness (QED) is 0.899. The number of piperazine rings is 1. The second-order valence-corrected chi connectivity index (χ2v) is 6.51. The van der Waals surface area contributed by atoms with E-state index in [1.165, 1.54) is 21.3 Å². The molecular formula is C15H23BrN2. The van der Waals surface area contributed by atoms with E-state index in [0.717, 1.165) is 19.6 Å². The predicted octanol–water partition coefficient (Wildman–Crippen LogP) is 3.50. The number of rotatable bonds is 2. The third kappa shape index (κ3) is 2.72. The topological polar surface area (TPSA) is 15.3 Å². The zero-order valence-corrected chi connectivity index (χ0v) is 13.3. The van der Waals surface area contributed by atoms with E-state index in [1.54, 1.807) is 0 Å². The van der Waals surface area contributed by atoms with E-state index in [0.29, 0.717) is 12.0 Å². The van der Waals surface area contributed by atoms with Crippen molar-refractivity contribution in [1.82, 2.24) is 5.32 Å². The van der Waals surface area contributed by atoms with Crippen molar-refractivity contribution in [2.45, 2.75) is 33.7 Å². The van der Waals surface area contributed by atoms with Crippen molar-refractivity contribution in [3.05, 3.63) is 27.7 Å². The van der Waals surface area contributed by atoms with Crippen LogP contribution in [0.1, 0.15) is 25.0 Å². The second-order valence-electron chi connectivity index (χ2n) is 5.60. The summed E-state index contributed by atoms with van der Waals surface area (Å²) >= 11 is 3.58. The molecule has 1 aromatic carbocycles. The van der Waals surface area contributed by atoms with Gasteiger partial charge in [-0.25, -0.2) is 0 Å². The van der Waals surface area contributed by atoms with Crippen LogP contribution in [0.4, 0.5) is 5.69 Å². The third-order valence-electron chi connectivity index (χ3n) is 3.80. The number of hydrogen-bond acceptors (Lipinski definition) is 2. The molecule has 0 amide bonds. The van der Waals surface area contributed by atoms with Crippen LogP contribution in [-0.4, -0.2) is 25.7 Å². The van der Waals surface area contributed by atoms with E-state index >= 15 is 0 Å². The summed E-state index contributed by atoms with van der Waals surface area (Å²) in [5, 5.41) is 3.52. The van der Waals surface area contributed by atoms with Gasteiger partial charge in [0.2, 0.25) is 0 Å². The molecule has 1 N–H and O–H groups in total. The SMILES string of the molecule is Cc1cc(Br)cc(C)c1N1CCNCC1C(C)C. The van der Waals surface area contributed by atoms with E-state index in [1.807, 2.05) is 0 Å². The summed E-state index contributed by atoms with van der Waals surface area (Å²) in [6.07, 6.45) is 0. The number of nitrogens with zero attached hydrogens (tertiary/aromatic N) is 1. The molecule has 0 saturated carbocycles. The van der Waals surface area contributed by atoms with Crippen LogP contribution in [-0.2, 0) is 0 Å². The maximum absolute atomic E-state index is 3.58. The van der Waals surface area contributed by atoms with E-state index in [-0.39, 0.29) is 0 Å². The average molecular weight is 311 g/mol. The largest absolute Gasteiger partial charge is 0.365 e. The van der Waals surface area contributed by atoms with Gasteiger partial charge < -0.3 is 10.2 Å². The van der Waals surface area contributed by atoms with Gasteiger partial charge >= 0.3 is 0 Å². The number of halogens is 1. The molecule has 1 aliphatic rings. The number of nitrogens with one attached hydrogen (secondary N) is 1.